The lowest BCUT2D eigenvalue weighted by Gasteiger charge is -2.31. The molecule has 3 N–H and O–H groups in total. The third kappa shape index (κ3) is 3.17. The molecule has 0 radical (unpaired) electrons. The Morgan fingerprint density at radius 1 is 1.38 bits per heavy atom. The quantitative estimate of drug-likeness (QED) is 0.651. The summed E-state index contributed by atoms with van der Waals surface area (Å²) in [5.74, 6) is -0.407. The third-order valence-corrected chi connectivity index (χ3v) is 3.77. The minimum Gasteiger partial charge on any atom is -0.319 e. The Morgan fingerprint density at radius 2 is 2.05 bits per heavy atom. The van der Waals surface area contributed by atoms with Crippen molar-refractivity contribution in [1.29, 1.82) is 5.26 Å². The smallest absolute Gasteiger partial charge is 0.294 e. The molecule has 1 aromatic rings. The first-order valence-corrected chi connectivity index (χ1v) is 6.75. The van der Waals surface area contributed by atoms with Gasteiger partial charge >= 0.3 is 0 Å². The molecule has 1 saturated carbocycles. The monoisotopic (exact) mass is 288 g/mol. The van der Waals surface area contributed by atoms with Crippen molar-refractivity contribution in [2.45, 2.75) is 37.6 Å². The average Bonchev–Trinajstić information content (AvgIpc) is 2.48. The lowest BCUT2D eigenvalue weighted by Crippen LogP contribution is -2.52. The van der Waals surface area contributed by atoms with Crippen molar-refractivity contribution in [2.75, 3.05) is 5.32 Å². The third-order valence-electron chi connectivity index (χ3n) is 3.77. The molecule has 7 nitrogen and oxygen atoms in total. The molecule has 0 heterocycles. The number of hydrogen-bond donors (Lipinski definition) is 2. The molecular formula is C14H16N4O3. The molecular weight excluding hydrogens is 272 g/mol. The van der Waals surface area contributed by atoms with E-state index in [0.29, 0.717) is 12.8 Å². The van der Waals surface area contributed by atoms with Crippen LogP contribution in [0.1, 0.15) is 37.7 Å². The first kappa shape index (κ1) is 14.9. The zero-order chi connectivity index (χ0) is 15.5. The predicted octanol–water partition coefficient (Wildman–Crippen LogP) is 2.07. The van der Waals surface area contributed by atoms with Gasteiger partial charge in [-0.25, -0.2) is 0 Å². The zero-order valence-electron chi connectivity index (χ0n) is 11.5. The first-order chi connectivity index (χ1) is 9.96. The second kappa shape index (κ2) is 5.89. The van der Waals surface area contributed by atoms with E-state index in [1.54, 1.807) is 0 Å². The van der Waals surface area contributed by atoms with Crippen LogP contribution < -0.4 is 11.1 Å². The Kier molecular flexibility index (Phi) is 4.19. The standard InChI is InChI=1S/C14H16N4O3/c15-9-10-4-5-11(12(8-10)18(20)21)17-13(19)14(16)6-2-1-3-7-14/h4-5,8H,1-3,6-7,16H2,(H,17,19). The second-order valence-electron chi connectivity index (χ2n) is 5.27. The Balaban J connectivity index is 2.25. The molecule has 21 heavy (non-hydrogen) atoms. The van der Waals surface area contributed by atoms with E-state index in [9.17, 15) is 14.9 Å². The second-order valence-corrected chi connectivity index (χ2v) is 5.27. The maximum absolute atomic E-state index is 12.3. The molecule has 0 aromatic heterocycles. The van der Waals surface area contributed by atoms with Crippen LogP contribution in [0.2, 0.25) is 0 Å². The molecule has 1 aliphatic carbocycles. The van der Waals surface area contributed by atoms with Crippen LogP contribution in [0.25, 0.3) is 0 Å². The number of carbonyl (C=O) groups is 1. The number of nitrogens with zero attached hydrogens (tertiary/aromatic N) is 2. The van der Waals surface area contributed by atoms with Crippen molar-refractivity contribution < 1.29 is 9.72 Å². The van der Waals surface area contributed by atoms with E-state index in [2.05, 4.69) is 5.32 Å². The summed E-state index contributed by atoms with van der Waals surface area (Å²) in [6.45, 7) is 0. The molecule has 1 aliphatic rings. The van der Waals surface area contributed by atoms with E-state index >= 15 is 0 Å². The molecule has 0 spiro atoms. The lowest BCUT2D eigenvalue weighted by atomic mass is 9.82. The highest BCUT2D eigenvalue weighted by Crippen LogP contribution is 2.30. The number of hydrogen-bond acceptors (Lipinski definition) is 5. The van der Waals surface area contributed by atoms with Gasteiger partial charge in [0.1, 0.15) is 5.69 Å². The average molecular weight is 288 g/mol. The van der Waals surface area contributed by atoms with Gasteiger partial charge in [-0.15, -0.1) is 0 Å². The molecule has 1 aromatic carbocycles. The van der Waals surface area contributed by atoms with Crippen molar-refractivity contribution in [1.82, 2.24) is 0 Å². The van der Waals surface area contributed by atoms with Crippen LogP contribution in [-0.2, 0) is 4.79 Å². The van der Waals surface area contributed by atoms with Gasteiger partial charge in [0.05, 0.1) is 22.1 Å². The molecule has 7 heteroatoms. The fourth-order valence-corrected chi connectivity index (χ4v) is 2.51. The van der Waals surface area contributed by atoms with Crippen LogP contribution in [0.15, 0.2) is 18.2 Å². The highest BCUT2D eigenvalue weighted by molar-refractivity contribution is 5.99. The molecule has 0 atom stereocenters. The van der Waals surface area contributed by atoms with Gasteiger partial charge in [-0.05, 0) is 25.0 Å². The summed E-state index contributed by atoms with van der Waals surface area (Å²) in [7, 11) is 0. The van der Waals surface area contributed by atoms with Gasteiger partial charge in [0.2, 0.25) is 5.91 Å². The lowest BCUT2D eigenvalue weighted by molar-refractivity contribution is -0.384. The topological polar surface area (TPSA) is 122 Å². The maximum Gasteiger partial charge on any atom is 0.294 e. The van der Waals surface area contributed by atoms with Gasteiger partial charge in [0, 0.05) is 6.07 Å². The summed E-state index contributed by atoms with van der Waals surface area (Å²) in [6, 6.07) is 5.76. The number of rotatable bonds is 3. The van der Waals surface area contributed by atoms with Crippen LogP contribution in [0.4, 0.5) is 11.4 Å². The Hall–Kier alpha value is -2.46. The molecule has 110 valence electrons. The Labute approximate surface area is 121 Å². The number of nitriles is 1. The number of nitrogens with two attached hydrogens (primary N) is 1. The first-order valence-electron chi connectivity index (χ1n) is 6.75. The molecule has 1 amide bonds. The number of amides is 1. The highest BCUT2D eigenvalue weighted by Gasteiger charge is 2.36. The summed E-state index contributed by atoms with van der Waals surface area (Å²) in [4.78, 5) is 22.7. The summed E-state index contributed by atoms with van der Waals surface area (Å²) in [5.41, 5.74) is 5.06. The Morgan fingerprint density at radius 3 is 2.62 bits per heavy atom. The van der Waals surface area contributed by atoms with Crippen LogP contribution in [0.5, 0.6) is 0 Å². The van der Waals surface area contributed by atoms with Gasteiger partial charge in [-0.1, -0.05) is 19.3 Å². The largest absolute Gasteiger partial charge is 0.319 e. The Bertz CT molecular complexity index is 615. The number of nitrogens with one attached hydrogen (secondary N) is 1. The SMILES string of the molecule is N#Cc1ccc(NC(=O)C2(N)CCCCC2)c([N+](=O)[O-])c1. The minimum absolute atomic E-state index is 0.0689. The van der Waals surface area contributed by atoms with Crippen LogP contribution in [-0.4, -0.2) is 16.4 Å². The highest BCUT2D eigenvalue weighted by atomic mass is 16.6. The van der Waals surface area contributed by atoms with Crippen molar-refractivity contribution in [2.24, 2.45) is 5.73 Å². The molecule has 1 fully saturated rings. The van der Waals surface area contributed by atoms with Crippen molar-refractivity contribution in [3.63, 3.8) is 0 Å². The van der Waals surface area contributed by atoms with Gasteiger partial charge < -0.3 is 11.1 Å². The normalized spacial score (nSPS) is 16.8. The fourth-order valence-electron chi connectivity index (χ4n) is 2.51. The minimum atomic E-state index is -0.972. The maximum atomic E-state index is 12.3. The number of nitro groups is 1. The van der Waals surface area contributed by atoms with E-state index in [-0.39, 0.29) is 16.9 Å². The van der Waals surface area contributed by atoms with Crippen molar-refractivity contribution >= 4 is 17.3 Å². The summed E-state index contributed by atoms with van der Waals surface area (Å²) >= 11 is 0. The predicted molar refractivity (Wildman–Crippen MR) is 76.4 cm³/mol. The fraction of sp³-hybridized carbons (Fsp3) is 0.429. The number of nitro benzene ring substituents is 1. The van der Waals surface area contributed by atoms with Crippen molar-refractivity contribution in [3.05, 3.63) is 33.9 Å². The number of anilines is 1. The van der Waals surface area contributed by atoms with Crippen LogP contribution in [0, 0.1) is 21.4 Å². The van der Waals surface area contributed by atoms with Crippen LogP contribution in [0.3, 0.4) is 0 Å². The number of carbonyl (C=O) groups excluding carboxylic acids is 1. The van der Waals surface area contributed by atoms with Gasteiger partial charge in [0.25, 0.3) is 5.69 Å². The number of benzene rings is 1. The van der Waals surface area contributed by atoms with Gasteiger partial charge in [-0.3, -0.25) is 14.9 Å². The van der Waals surface area contributed by atoms with E-state index in [0.717, 1.165) is 25.3 Å². The summed E-state index contributed by atoms with van der Waals surface area (Å²) < 4.78 is 0. The molecule has 2 rings (SSSR count). The van der Waals surface area contributed by atoms with E-state index in [1.807, 2.05) is 6.07 Å². The van der Waals surface area contributed by atoms with Gasteiger partial charge in [-0.2, -0.15) is 5.26 Å². The van der Waals surface area contributed by atoms with E-state index < -0.39 is 16.4 Å². The van der Waals surface area contributed by atoms with Crippen LogP contribution >= 0.6 is 0 Å². The molecule has 0 saturated heterocycles. The zero-order valence-corrected chi connectivity index (χ0v) is 11.5. The summed E-state index contributed by atoms with van der Waals surface area (Å²) in [5, 5.41) is 22.4. The molecule has 0 aliphatic heterocycles. The van der Waals surface area contributed by atoms with Crippen molar-refractivity contribution in [3.8, 4) is 6.07 Å². The van der Waals surface area contributed by atoms with Gasteiger partial charge in [0.15, 0.2) is 0 Å². The molecule has 0 unspecified atom stereocenters. The summed E-state index contributed by atoms with van der Waals surface area (Å²) in [6.07, 6.45) is 3.94. The van der Waals surface area contributed by atoms with E-state index in [4.69, 9.17) is 11.0 Å². The van der Waals surface area contributed by atoms with E-state index in [1.165, 1.54) is 12.1 Å². The molecule has 0 bridgehead atoms.